The first-order chi connectivity index (χ1) is 12.3. The summed E-state index contributed by atoms with van der Waals surface area (Å²) in [5.74, 6) is -1.13. The van der Waals surface area contributed by atoms with Gasteiger partial charge in [-0.1, -0.05) is 22.0 Å². The minimum atomic E-state index is -0.640. The first-order valence-corrected chi connectivity index (χ1v) is 9.22. The maximum absolute atomic E-state index is 11.9. The number of hydrogen-bond donors (Lipinski definition) is 1. The standard InChI is InChI=1S/C17H15BrN2O5S/c1-11-2-7-14(15(8-11)20(23)24)19-16(21)9-25-17(22)10-26-13-5-3-12(18)4-6-13/h2-8H,9-10H2,1H3,(H,19,21). The first-order valence-electron chi connectivity index (χ1n) is 7.44. The molecule has 1 N–H and O–H groups in total. The highest BCUT2D eigenvalue weighted by Gasteiger charge is 2.17. The van der Waals surface area contributed by atoms with Gasteiger partial charge >= 0.3 is 5.97 Å². The number of carbonyl (C=O) groups excluding carboxylic acids is 2. The van der Waals surface area contributed by atoms with Gasteiger partial charge in [-0.3, -0.25) is 19.7 Å². The largest absolute Gasteiger partial charge is 0.455 e. The third kappa shape index (κ3) is 6.16. The summed E-state index contributed by atoms with van der Waals surface area (Å²) >= 11 is 4.61. The molecule has 0 aliphatic rings. The lowest BCUT2D eigenvalue weighted by molar-refractivity contribution is -0.384. The Morgan fingerprint density at radius 2 is 1.92 bits per heavy atom. The van der Waals surface area contributed by atoms with Crippen LogP contribution in [0.25, 0.3) is 0 Å². The molecule has 0 spiro atoms. The number of benzene rings is 2. The number of nitrogens with zero attached hydrogens (tertiary/aromatic N) is 1. The molecule has 7 nitrogen and oxygen atoms in total. The fourth-order valence-electron chi connectivity index (χ4n) is 1.95. The molecule has 0 aromatic heterocycles. The summed E-state index contributed by atoms with van der Waals surface area (Å²) < 4.78 is 5.83. The van der Waals surface area contributed by atoms with E-state index >= 15 is 0 Å². The monoisotopic (exact) mass is 438 g/mol. The normalized spacial score (nSPS) is 10.2. The molecule has 0 saturated heterocycles. The van der Waals surface area contributed by atoms with Gasteiger partial charge in [-0.2, -0.15) is 0 Å². The van der Waals surface area contributed by atoms with Crippen molar-refractivity contribution in [3.8, 4) is 0 Å². The average Bonchev–Trinajstić information content (AvgIpc) is 2.61. The predicted octanol–water partition coefficient (Wildman–Crippen LogP) is 3.94. The van der Waals surface area contributed by atoms with Crippen LogP contribution in [-0.4, -0.2) is 29.2 Å². The third-order valence-electron chi connectivity index (χ3n) is 3.16. The molecule has 0 unspecified atom stereocenters. The van der Waals surface area contributed by atoms with Gasteiger partial charge in [-0.25, -0.2) is 0 Å². The van der Waals surface area contributed by atoms with Crippen LogP contribution in [0.3, 0.4) is 0 Å². The zero-order valence-corrected chi connectivity index (χ0v) is 16.1. The molecule has 0 atom stereocenters. The molecule has 0 aliphatic heterocycles. The van der Waals surface area contributed by atoms with Crippen LogP contribution in [0.2, 0.25) is 0 Å². The Morgan fingerprint density at radius 1 is 1.23 bits per heavy atom. The van der Waals surface area contributed by atoms with E-state index in [4.69, 9.17) is 4.74 Å². The smallest absolute Gasteiger partial charge is 0.316 e. The molecule has 1 amide bonds. The number of amides is 1. The number of halogens is 1. The van der Waals surface area contributed by atoms with E-state index < -0.39 is 23.4 Å². The second-order valence-corrected chi connectivity index (χ2v) is 7.19. The van der Waals surface area contributed by atoms with E-state index in [9.17, 15) is 19.7 Å². The summed E-state index contributed by atoms with van der Waals surface area (Å²) in [7, 11) is 0. The lowest BCUT2D eigenvalue weighted by Crippen LogP contribution is -2.22. The van der Waals surface area contributed by atoms with Crippen molar-refractivity contribution in [3.05, 3.63) is 62.6 Å². The van der Waals surface area contributed by atoms with E-state index in [-0.39, 0.29) is 17.1 Å². The number of anilines is 1. The molecule has 2 aromatic carbocycles. The summed E-state index contributed by atoms with van der Waals surface area (Å²) in [4.78, 5) is 34.9. The van der Waals surface area contributed by atoms with Gasteiger partial charge < -0.3 is 10.1 Å². The second-order valence-electron chi connectivity index (χ2n) is 5.23. The van der Waals surface area contributed by atoms with Crippen LogP contribution in [0.1, 0.15) is 5.56 Å². The number of ether oxygens (including phenoxy) is 1. The van der Waals surface area contributed by atoms with E-state index in [1.54, 1.807) is 13.0 Å². The Kier molecular flexibility index (Phi) is 7.16. The molecule has 0 aliphatic carbocycles. The zero-order chi connectivity index (χ0) is 19.1. The van der Waals surface area contributed by atoms with Gasteiger partial charge in [0.2, 0.25) is 0 Å². The average molecular weight is 439 g/mol. The van der Waals surface area contributed by atoms with Gasteiger partial charge in [0, 0.05) is 15.4 Å². The summed E-state index contributed by atoms with van der Waals surface area (Å²) in [6.07, 6.45) is 0. The molecular weight excluding hydrogens is 424 g/mol. The number of nitro groups is 1. The Hall–Kier alpha value is -2.39. The second kappa shape index (κ2) is 9.35. The molecule has 136 valence electrons. The third-order valence-corrected chi connectivity index (χ3v) is 4.67. The van der Waals surface area contributed by atoms with Gasteiger partial charge in [-0.15, -0.1) is 11.8 Å². The van der Waals surface area contributed by atoms with Crippen molar-refractivity contribution < 1.29 is 19.2 Å². The van der Waals surface area contributed by atoms with Crippen LogP contribution in [-0.2, 0) is 14.3 Å². The number of aryl methyl sites for hydroxylation is 1. The van der Waals surface area contributed by atoms with E-state index in [1.165, 1.54) is 23.9 Å². The zero-order valence-electron chi connectivity index (χ0n) is 13.7. The molecule has 9 heteroatoms. The molecule has 26 heavy (non-hydrogen) atoms. The minimum absolute atomic E-state index is 0.0552. The summed E-state index contributed by atoms with van der Waals surface area (Å²) in [5, 5.41) is 13.4. The minimum Gasteiger partial charge on any atom is -0.455 e. The summed E-state index contributed by atoms with van der Waals surface area (Å²) in [6, 6.07) is 11.9. The summed E-state index contributed by atoms with van der Waals surface area (Å²) in [6.45, 7) is 1.20. The van der Waals surface area contributed by atoms with Crippen molar-refractivity contribution in [2.24, 2.45) is 0 Å². The highest BCUT2D eigenvalue weighted by molar-refractivity contribution is 9.10. The van der Waals surface area contributed by atoms with Crippen molar-refractivity contribution in [1.82, 2.24) is 0 Å². The highest BCUT2D eigenvalue weighted by atomic mass is 79.9. The van der Waals surface area contributed by atoms with Crippen LogP contribution in [0.5, 0.6) is 0 Å². The molecule has 0 fully saturated rings. The van der Waals surface area contributed by atoms with Crippen LogP contribution in [0.15, 0.2) is 51.8 Å². The number of hydrogen-bond acceptors (Lipinski definition) is 6. The van der Waals surface area contributed by atoms with Crippen LogP contribution >= 0.6 is 27.7 Å². The Morgan fingerprint density at radius 3 is 2.58 bits per heavy atom. The van der Waals surface area contributed by atoms with Crippen molar-refractivity contribution in [2.45, 2.75) is 11.8 Å². The highest BCUT2D eigenvalue weighted by Crippen LogP contribution is 2.25. The van der Waals surface area contributed by atoms with E-state index in [0.29, 0.717) is 5.56 Å². The fraction of sp³-hybridized carbons (Fsp3) is 0.176. The molecule has 0 radical (unpaired) electrons. The van der Waals surface area contributed by atoms with Gasteiger partial charge in [0.15, 0.2) is 6.61 Å². The maximum atomic E-state index is 11.9. The molecular formula is C17H15BrN2O5S. The molecule has 0 heterocycles. The van der Waals surface area contributed by atoms with Gasteiger partial charge in [0.25, 0.3) is 11.6 Å². The molecule has 2 aromatic rings. The Labute approximate surface area is 162 Å². The lowest BCUT2D eigenvalue weighted by Gasteiger charge is -2.08. The number of carbonyl (C=O) groups is 2. The Balaban J connectivity index is 1.82. The molecule has 0 saturated carbocycles. The van der Waals surface area contributed by atoms with Crippen molar-refractivity contribution >= 4 is 50.9 Å². The molecule has 0 bridgehead atoms. The molecule has 2 rings (SSSR count). The van der Waals surface area contributed by atoms with E-state index in [1.807, 2.05) is 24.3 Å². The van der Waals surface area contributed by atoms with Crippen molar-refractivity contribution in [2.75, 3.05) is 17.7 Å². The lowest BCUT2D eigenvalue weighted by atomic mass is 10.2. The van der Waals surface area contributed by atoms with Crippen molar-refractivity contribution in [3.63, 3.8) is 0 Å². The van der Waals surface area contributed by atoms with E-state index in [0.717, 1.165) is 9.37 Å². The van der Waals surface area contributed by atoms with Crippen LogP contribution < -0.4 is 5.32 Å². The SMILES string of the molecule is Cc1ccc(NC(=O)COC(=O)CSc2ccc(Br)cc2)c([N+](=O)[O-])c1. The number of rotatable bonds is 7. The number of nitro benzene ring substituents is 1. The van der Waals surface area contributed by atoms with Gasteiger partial charge in [-0.05, 0) is 42.8 Å². The summed E-state index contributed by atoms with van der Waals surface area (Å²) in [5.41, 5.74) is 0.549. The van der Waals surface area contributed by atoms with Gasteiger partial charge in [0.05, 0.1) is 10.7 Å². The van der Waals surface area contributed by atoms with Crippen LogP contribution in [0.4, 0.5) is 11.4 Å². The number of nitrogens with one attached hydrogen (secondary N) is 1. The van der Waals surface area contributed by atoms with Crippen molar-refractivity contribution in [1.29, 1.82) is 0 Å². The van der Waals surface area contributed by atoms with Crippen LogP contribution in [0, 0.1) is 17.0 Å². The predicted molar refractivity (Wildman–Crippen MR) is 102 cm³/mol. The Bertz CT molecular complexity index is 826. The maximum Gasteiger partial charge on any atom is 0.316 e. The quantitative estimate of drug-likeness (QED) is 0.304. The fourth-order valence-corrected chi connectivity index (χ4v) is 2.91. The number of esters is 1. The topological polar surface area (TPSA) is 98.5 Å². The van der Waals surface area contributed by atoms with E-state index in [2.05, 4.69) is 21.2 Å². The number of thioether (sulfide) groups is 1. The first kappa shape index (κ1) is 19.9. The van der Waals surface area contributed by atoms with Gasteiger partial charge in [0.1, 0.15) is 5.69 Å².